The van der Waals surface area contributed by atoms with Gasteiger partial charge in [0.05, 0.1) is 7.11 Å². The van der Waals surface area contributed by atoms with Crippen molar-refractivity contribution in [3.63, 3.8) is 0 Å². The molecule has 0 spiro atoms. The van der Waals surface area contributed by atoms with Gasteiger partial charge < -0.3 is 10.1 Å². The third-order valence-corrected chi connectivity index (χ3v) is 4.35. The van der Waals surface area contributed by atoms with E-state index in [1.807, 2.05) is 24.3 Å². The fraction of sp³-hybridized carbons (Fsp3) is 0.588. The standard InChI is InChI=1S/C17H25NO2/c1-3-16(13-7-5-4-6-8-13)17(19)18-14-9-11-15(20-2)12-10-14/h9-13,16H,3-8H2,1-2H3,(H,18,19). The summed E-state index contributed by atoms with van der Waals surface area (Å²) in [4.78, 5) is 12.5. The molecule has 1 fully saturated rings. The van der Waals surface area contributed by atoms with Gasteiger partial charge in [-0.15, -0.1) is 0 Å². The van der Waals surface area contributed by atoms with E-state index in [1.165, 1.54) is 32.1 Å². The van der Waals surface area contributed by atoms with Crippen molar-refractivity contribution in [2.75, 3.05) is 12.4 Å². The van der Waals surface area contributed by atoms with Crippen molar-refractivity contribution in [3.05, 3.63) is 24.3 Å². The van der Waals surface area contributed by atoms with Crippen LogP contribution in [0.5, 0.6) is 5.75 Å². The van der Waals surface area contributed by atoms with Gasteiger partial charge in [-0.25, -0.2) is 0 Å². The van der Waals surface area contributed by atoms with E-state index < -0.39 is 0 Å². The molecule has 0 heterocycles. The molecular weight excluding hydrogens is 250 g/mol. The van der Waals surface area contributed by atoms with Crippen molar-refractivity contribution in [2.45, 2.75) is 45.4 Å². The molecule has 0 bridgehead atoms. The van der Waals surface area contributed by atoms with Gasteiger partial charge in [0.25, 0.3) is 0 Å². The molecule has 1 atom stereocenters. The summed E-state index contributed by atoms with van der Waals surface area (Å²) >= 11 is 0. The highest BCUT2D eigenvalue weighted by Crippen LogP contribution is 2.32. The minimum Gasteiger partial charge on any atom is -0.497 e. The summed E-state index contributed by atoms with van der Waals surface area (Å²) in [5, 5.41) is 3.05. The summed E-state index contributed by atoms with van der Waals surface area (Å²) in [5.41, 5.74) is 0.852. The number of amides is 1. The molecule has 1 aromatic rings. The molecule has 0 radical (unpaired) electrons. The highest BCUT2D eigenvalue weighted by atomic mass is 16.5. The van der Waals surface area contributed by atoms with Gasteiger partial charge in [0.1, 0.15) is 5.75 Å². The zero-order chi connectivity index (χ0) is 14.4. The molecule has 1 unspecified atom stereocenters. The van der Waals surface area contributed by atoms with Crippen LogP contribution in [0.3, 0.4) is 0 Å². The van der Waals surface area contributed by atoms with Crippen LogP contribution in [0, 0.1) is 11.8 Å². The Labute approximate surface area is 121 Å². The molecule has 1 aromatic carbocycles. The number of carbonyl (C=O) groups excluding carboxylic acids is 1. The molecule has 3 nitrogen and oxygen atoms in total. The monoisotopic (exact) mass is 275 g/mol. The largest absolute Gasteiger partial charge is 0.497 e. The summed E-state index contributed by atoms with van der Waals surface area (Å²) in [6, 6.07) is 7.53. The smallest absolute Gasteiger partial charge is 0.227 e. The number of carbonyl (C=O) groups is 1. The number of ether oxygens (including phenoxy) is 1. The Balaban J connectivity index is 1.97. The second-order valence-corrected chi connectivity index (χ2v) is 5.63. The lowest BCUT2D eigenvalue weighted by atomic mass is 9.78. The van der Waals surface area contributed by atoms with Gasteiger partial charge in [0.2, 0.25) is 5.91 Å². The maximum Gasteiger partial charge on any atom is 0.227 e. The fourth-order valence-corrected chi connectivity index (χ4v) is 3.18. The fourth-order valence-electron chi connectivity index (χ4n) is 3.18. The number of nitrogens with one attached hydrogen (secondary N) is 1. The molecule has 2 rings (SSSR count). The maximum atomic E-state index is 12.5. The van der Waals surface area contributed by atoms with E-state index in [2.05, 4.69) is 12.2 Å². The quantitative estimate of drug-likeness (QED) is 0.872. The van der Waals surface area contributed by atoms with E-state index >= 15 is 0 Å². The number of benzene rings is 1. The zero-order valence-corrected chi connectivity index (χ0v) is 12.5. The lowest BCUT2D eigenvalue weighted by Gasteiger charge is -2.28. The maximum absolute atomic E-state index is 12.5. The van der Waals surface area contributed by atoms with E-state index in [-0.39, 0.29) is 11.8 Å². The molecule has 1 aliphatic rings. The molecule has 1 N–H and O–H groups in total. The predicted octanol–water partition coefficient (Wildman–Crippen LogP) is 4.24. The first kappa shape index (κ1) is 14.9. The number of methoxy groups -OCH3 is 1. The van der Waals surface area contributed by atoms with Crippen LogP contribution in [0.4, 0.5) is 5.69 Å². The van der Waals surface area contributed by atoms with E-state index in [0.29, 0.717) is 5.92 Å². The Hall–Kier alpha value is -1.51. The molecule has 1 saturated carbocycles. The van der Waals surface area contributed by atoms with Crippen molar-refractivity contribution in [3.8, 4) is 5.75 Å². The Morgan fingerprint density at radius 3 is 2.45 bits per heavy atom. The van der Waals surface area contributed by atoms with E-state index in [9.17, 15) is 4.79 Å². The van der Waals surface area contributed by atoms with Crippen molar-refractivity contribution < 1.29 is 9.53 Å². The molecule has 1 amide bonds. The topological polar surface area (TPSA) is 38.3 Å². The number of hydrogen-bond acceptors (Lipinski definition) is 2. The second-order valence-electron chi connectivity index (χ2n) is 5.63. The van der Waals surface area contributed by atoms with Crippen LogP contribution in [0.2, 0.25) is 0 Å². The SMILES string of the molecule is CCC(C(=O)Nc1ccc(OC)cc1)C1CCCCC1. The van der Waals surface area contributed by atoms with E-state index in [1.54, 1.807) is 7.11 Å². The summed E-state index contributed by atoms with van der Waals surface area (Å²) < 4.78 is 5.13. The van der Waals surface area contributed by atoms with Gasteiger partial charge in [-0.2, -0.15) is 0 Å². The molecule has 1 aliphatic carbocycles. The lowest BCUT2D eigenvalue weighted by molar-refractivity contribution is -0.122. The van der Waals surface area contributed by atoms with E-state index in [0.717, 1.165) is 17.9 Å². The highest BCUT2D eigenvalue weighted by Gasteiger charge is 2.27. The summed E-state index contributed by atoms with van der Waals surface area (Å²) in [6.45, 7) is 2.12. The normalized spacial score (nSPS) is 17.5. The van der Waals surface area contributed by atoms with Gasteiger partial charge in [-0.1, -0.05) is 26.2 Å². The third-order valence-electron chi connectivity index (χ3n) is 4.35. The van der Waals surface area contributed by atoms with Crippen LogP contribution >= 0.6 is 0 Å². The van der Waals surface area contributed by atoms with Crippen molar-refractivity contribution in [1.29, 1.82) is 0 Å². The third kappa shape index (κ3) is 3.75. The lowest BCUT2D eigenvalue weighted by Crippen LogP contribution is -2.30. The summed E-state index contributed by atoms with van der Waals surface area (Å²) in [6.07, 6.45) is 7.21. The zero-order valence-electron chi connectivity index (χ0n) is 12.5. The minimum absolute atomic E-state index is 0.150. The summed E-state index contributed by atoms with van der Waals surface area (Å²) in [7, 11) is 1.64. The Morgan fingerprint density at radius 2 is 1.90 bits per heavy atom. The second kappa shape index (κ2) is 7.32. The molecule has 3 heteroatoms. The molecule has 20 heavy (non-hydrogen) atoms. The minimum atomic E-state index is 0.150. The van der Waals surface area contributed by atoms with Gasteiger partial charge in [0.15, 0.2) is 0 Å². The van der Waals surface area contributed by atoms with Crippen molar-refractivity contribution in [2.24, 2.45) is 11.8 Å². The number of rotatable bonds is 5. The van der Waals surface area contributed by atoms with Crippen molar-refractivity contribution >= 4 is 11.6 Å². The Morgan fingerprint density at radius 1 is 1.25 bits per heavy atom. The van der Waals surface area contributed by atoms with Crippen LogP contribution in [-0.4, -0.2) is 13.0 Å². The highest BCUT2D eigenvalue weighted by molar-refractivity contribution is 5.92. The van der Waals surface area contributed by atoms with Crippen LogP contribution in [-0.2, 0) is 4.79 Å². The van der Waals surface area contributed by atoms with Crippen LogP contribution in [0.25, 0.3) is 0 Å². The molecular formula is C17H25NO2. The van der Waals surface area contributed by atoms with Gasteiger partial charge in [0, 0.05) is 11.6 Å². The van der Waals surface area contributed by atoms with Gasteiger partial charge in [-0.3, -0.25) is 4.79 Å². The molecule has 0 aliphatic heterocycles. The Kier molecular flexibility index (Phi) is 5.45. The molecule has 110 valence electrons. The average Bonchev–Trinajstić information content (AvgIpc) is 2.50. The summed E-state index contributed by atoms with van der Waals surface area (Å²) in [5.74, 6) is 1.69. The van der Waals surface area contributed by atoms with Crippen molar-refractivity contribution in [1.82, 2.24) is 0 Å². The van der Waals surface area contributed by atoms with Gasteiger partial charge in [-0.05, 0) is 49.4 Å². The predicted molar refractivity (Wildman–Crippen MR) is 82.0 cm³/mol. The van der Waals surface area contributed by atoms with Gasteiger partial charge >= 0.3 is 0 Å². The first-order valence-electron chi connectivity index (χ1n) is 7.69. The molecule has 0 aromatic heterocycles. The number of hydrogen-bond donors (Lipinski definition) is 1. The first-order valence-corrected chi connectivity index (χ1v) is 7.69. The van der Waals surface area contributed by atoms with Crippen LogP contribution in [0.1, 0.15) is 45.4 Å². The Bertz CT molecular complexity index is 421. The van der Waals surface area contributed by atoms with E-state index in [4.69, 9.17) is 4.74 Å². The molecule has 0 saturated heterocycles. The average molecular weight is 275 g/mol. The van der Waals surface area contributed by atoms with Crippen LogP contribution < -0.4 is 10.1 Å². The van der Waals surface area contributed by atoms with Crippen LogP contribution in [0.15, 0.2) is 24.3 Å². The number of anilines is 1. The first-order chi connectivity index (χ1) is 9.74.